The molecule has 0 aromatic rings. The first-order valence-corrected chi connectivity index (χ1v) is 8.93. The van der Waals surface area contributed by atoms with E-state index in [1.165, 1.54) is 6.20 Å². The molecule has 1 amide bonds. The Labute approximate surface area is 143 Å². The maximum absolute atomic E-state index is 12.2. The van der Waals surface area contributed by atoms with Gasteiger partial charge in [-0.1, -0.05) is 0 Å². The summed E-state index contributed by atoms with van der Waals surface area (Å²) >= 11 is 1.90. The summed E-state index contributed by atoms with van der Waals surface area (Å²) in [5.74, 6) is 0.754. The van der Waals surface area contributed by atoms with E-state index in [4.69, 9.17) is 16.6 Å². The van der Waals surface area contributed by atoms with Crippen molar-refractivity contribution < 1.29 is 14.3 Å². The second kappa shape index (κ2) is 10.7. The maximum atomic E-state index is 12.2. The Bertz CT molecular complexity index is 604. The second-order valence-corrected chi connectivity index (χ2v) is 5.13. The largest absolute Gasteiger partial charge is 0.464 e. The molecule has 0 rings (SSSR count). The number of hydrogen-bond donors (Lipinski definition) is 5. The molecule has 0 aliphatic rings. The summed E-state index contributed by atoms with van der Waals surface area (Å²) in [6, 6.07) is 0. The van der Waals surface area contributed by atoms with Crippen molar-refractivity contribution in [3.05, 3.63) is 23.2 Å². The number of ether oxygens (including phenoxy) is 1. The lowest BCUT2D eigenvalue weighted by Crippen LogP contribution is -2.31. The number of amides is 1. The first kappa shape index (κ1) is 20.0. The highest BCUT2D eigenvalue weighted by Crippen LogP contribution is 2.09. The third kappa shape index (κ3) is 6.19. The van der Waals surface area contributed by atoms with Gasteiger partial charge in [0.05, 0.1) is 18.5 Å². The Morgan fingerprint density at radius 2 is 2.09 bits per heavy atom. The molecule has 0 radical (unpaired) electrons. The minimum Gasteiger partial charge on any atom is -0.464 e. The highest BCUT2D eigenvalue weighted by molar-refractivity contribution is 14.2. The number of nitrogens with two attached hydrogens (primary N) is 1. The summed E-state index contributed by atoms with van der Waals surface area (Å²) in [5, 5.41) is 22.4. The fourth-order valence-electron chi connectivity index (χ4n) is 1.12. The molecule has 0 aliphatic heterocycles. The molecule has 8 nitrogen and oxygen atoms in total. The van der Waals surface area contributed by atoms with E-state index in [9.17, 15) is 9.59 Å². The van der Waals surface area contributed by atoms with Gasteiger partial charge in [-0.3, -0.25) is 10.2 Å². The number of nitrogens with one attached hydrogen (secondary N) is 4. The molecule has 118 valence electrons. The van der Waals surface area contributed by atoms with Gasteiger partial charge in [0.1, 0.15) is 5.57 Å². The zero-order valence-corrected chi connectivity index (χ0v) is 14.7. The van der Waals surface area contributed by atoms with Crippen molar-refractivity contribution in [2.24, 2.45) is 5.73 Å². The van der Waals surface area contributed by atoms with Gasteiger partial charge in [0, 0.05) is 40.7 Å². The van der Waals surface area contributed by atoms with Crippen LogP contribution < -0.4 is 16.4 Å². The third-order valence-electron chi connectivity index (χ3n) is 2.08. The average molecular weight is 435 g/mol. The van der Waals surface area contributed by atoms with Gasteiger partial charge >= 0.3 is 5.97 Å². The monoisotopic (exact) mass is 435 g/mol. The molecule has 0 fully saturated rings. The number of esters is 1. The number of hydrogen-bond acceptors (Lipinski definition) is 8. The number of halogens is 1. The molecule has 0 aromatic carbocycles. The lowest BCUT2D eigenvalue weighted by atomic mass is 10.1. The minimum atomic E-state index is -0.982. The Hall–Kier alpha value is -2.00. The molecular formula is C12H14IN5O3S. The lowest BCUT2D eigenvalue weighted by molar-refractivity contribution is -0.132. The van der Waals surface area contributed by atoms with Crippen molar-refractivity contribution in [2.75, 3.05) is 14.2 Å². The van der Waals surface area contributed by atoms with Gasteiger partial charge in [0.25, 0.3) is 5.91 Å². The van der Waals surface area contributed by atoms with E-state index in [1.54, 1.807) is 7.05 Å². The zero-order chi connectivity index (χ0) is 17.1. The van der Waals surface area contributed by atoms with Gasteiger partial charge in [0.15, 0.2) is 5.71 Å². The fraction of sp³-hybridized carbons (Fsp3) is 0.167. The highest BCUT2D eigenvalue weighted by Gasteiger charge is 2.20. The molecule has 0 spiro atoms. The summed E-state index contributed by atoms with van der Waals surface area (Å²) in [6.45, 7) is 0. The smallest absolute Gasteiger partial charge is 0.358 e. The van der Waals surface area contributed by atoms with Crippen LogP contribution in [-0.2, 0) is 14.3 Å². The van der Waals surface area contributed by atoms with Crippen LogP contribution in [0.4, 0.5) is 0 Å². The first-order valence-electron chi connectivity index (χ1n) is 5.57. The molecule has 0 atom stereocenters. The molecule has 0 aliphatic carbocycles. The lowest BCUT2D eigenvalue weighted by Gasteiger charge is -2.08. The Morgan fingerprint density at radius 1 is 1.45 bits per heavy atom. The van der Waals surface area contributed by atoms with Crippen molar-refractivity contribution >= 4 is 53.9 Å². The van der Waals surface area contributed by atoms with E-state index in [0.717, 1.165) is 22.3 Å². The van der Waals surface area contributed by atoms with Gasteiger partial charge in [-0.05, 0) is 20.1 Å². The van der Waals surface area contributed by atoms with Crippen LogP contribution >= 0.6 is 30.1 Å². The molecule has 0 saturated carbocycles. The number of rotatable bonds is 6. The second-order valence-electron chi connectivity index (χ2n) is 3.45. The van der Waals surface area contributed by atoms with Gasteiger partial charge in [-0.2, -0.15) is 0 Å². The van der Waals surface area contributed by atoms with Crippen molar-refractivity contribution in [2.45, 2.75) is 0 Å². The number of allylic oxidation sites excluding steroid dienone is 1. The quantitative estimate of drug-likeness (QED) is 0.133. The van der Waals surface area contributed by atoms with Gasteiger partial charge in [-0.15, -0.1) is 0 Å². The van der Waals surface area contributed by atoms with Crippen molar-refractivity contribution in [3.63, 3.8) is 0 Å². The van der Waals surface area contributed by atoms with Crippen LogP contribution in [0.1, 0.15) is 0 Å². The number of carbonyl (C=O) groups is 2. The summed E-state index contributed by atoms with van der Waals surface area (Å²) in [5.41, 5.74) is 4.48. The van der Waals surface area contributed by atoms with Crippen molar-refractivity contribution in [3.8, 4) is 11.2 Å². The fourth-order valence-corrected chi connectivity index (χ4v) is 1.59. The van der Waals surface area contributed by atoms with Crippen LogP contribution in [0.25, 0.3) is 0 Å². The topological polar surface area (TPSA) is 141 Å². The van der Waals surface area contributed by atoms with Crippen LogP contribution in [0.15, 0.2) is 23.2 Å². The van der Waals surface area contributed by atoms with Gasteiger partial charge < -0.3 is 26.5 Å². The van der Waals surface area contributed by atoms with E-state index in [-0.39, 0.29) is 11.3 Å². The molecule has 22 heavy (non-hydrogen) atoms. The molecule has 0 aromatic heterocycles. The SMILES string of the molecule is CN/C=C(\C=N)NC(=O)/C(C#CSI)=C(/N)C(=N)C(=O)OC. The average Bonchev–Trinajstić information content (AvgIpc) is 2.52. The molecule has 0 heterocycles. The summed E-state index contributed by atoms with van der Waals surface area (Å²) in [7, 11) is 3.80. The first-order chi connectivity index (χ1) is 10.4. The van der Waals surface area contributed by atoms with E-state index < -0.39 is 23.3 Å². The molecule has 0 saturated heterocycles. The van der Waals surface area contributed by atoms with Crippen LogP contribution in [0.5, 0.6) is 0 Å². The summed E-state index contributed by atoms with van der Waals surface area (Å²) in [6.07, 6.45) is 2.29. The van der Waals surface area contributed by atoms with Gasteiger partial charge in [0.2, 0.25) is 0 Å². The maximum Gasteiger partial charge on any atom is 0.358 e. The van der Waals surface area contributed by atoms with Crippen LogP contribution in [-0.4, -0.2) is 38.0 Å². The summed E-state index contributed by atoms with van der Waals surface area (Å²) < 4.78 is 4.39. The van der Waals surface area contributed by atoms with Crippen molar-refractivity contribution in [1.82, 2.24) is 10.6 Å². The normalized spacial score (nSPS) is 11.3. The van der Waals surface area contributed by atoms with E-state index >= 15 is 0 Å². The molecule has 10 heteroatoms. The van der Waals surface area contributed by atoms with Gasteiger partial charge in [-0.25, -0.2) is 4.79 Å². The molecular weight excluding hydrogens is 421 g/mol. The Kier molecular flexibility index (Phi) is 9.72. The number of methoxy groups -OCH3 is 1. The standard InChI is InChI=1S/C12H14IN5O3S/c1-17-6-7(5-14)18-11(19)8(3-4-22-13)9(15)10(16)12(20)21-2/h5-6,14,16-17H,15H2,1-2H3,(H,18,19)/b7-6+,9-8+,14-5?,16-10?. The number of carbonyl (C=O) groups excluding carboxylic acids is 2. The van der Waals surface area contributed by atoms with Crippen LogP contribution in [0.3, 0.4) is 0 Å². The van der Waals surface area contributed by atoms with Crippen LogP contribution in [0, 0.1) is 22.0 Å². The van der Waals surface area contributed by atoms with E-state index in [0.29, 0.717) is 0 Å². The molecule has 0 unspecified atom stereocenters. The molecule has 6 N–H and O–H groups in total. The molecule has 0 bridgehead atoms. The predicted molar refractivity (Wildman–Crippen MR) is 94.4 cm³/mol. The van der Waals surface area contributed by atoms with Crippen molar-refractivity contribution in [1.29, 1.82) is 10.8 Å². The zero-order valence-electron chi connectivity index (χ0n) is 11.7. The van der Waals surface area contributed by atoms with Crippen LogP contribution in [0.2, 0.25) is 0 Å². The highest BCUT2D eigenvalue weighted by atomic mass is 127. The van der Waals surface area contributed by atoms with E-state index in [2.05, 4.69) is 26.5 Å². The minimum absolute atomic E-state index is 0.159. The Balaban J connectivity index is 5.68. The third-order valence-corrected chi connectivity index (χ3v) is 2.92. The summed E-state index contributed by atoms with van der Waals surface area (Å²) in [4.78, 5) is 23.5. The Morgan fingerprint density at radius 3 is 2.55 bits per heavy atom. The van der Waals surface area contributed by atoms with E-state index in [1.807, 2.05) is 21.2 Å². The predicted octanol–water partition coefficient (Wildman–Crippen LogP) is 0.263.